The molecule has 0 atom stereocenters. The van der Waals surface area contributed by atoms with Crippen molar-refractivity contribution in [3.63, 3.8) is 0 Å². The lowest BCUT2D eigenvalue weighted by Gasteiger charge is -2.20. The predicted octanol–water partition coefficient (Wildman–Crippen LogP) is 2.85. The smallest absolute Gasteiger partial charge is 0.251 e. The standard InChI is InChI=1S/C19H21BrN2O4/c1-22(12-14-7-5-9-16(25-2)18(14)26-3)17(23)11-21-19(24)13-6-4-8-15(20)10-13/h4-10H,11-12H2,1-3H3,(H,21,24). The second-order valence-corrected chi connectivity index (χ2v) is 6.51. The Labute approximate surface area is 161 Å². The molecule has 0 bridgehead atoms. The minimum absolute atomic E-state index is 0.0892. The molecule has 1 N–H and O–H groups in total. The van der Waals surface area contributed by atoms with E-state index in [0.717, 1.165) is 10.0 Å². The maximum Gasteiger partial charge on any atom is 0.251 e. The Hall–Kier alpha value is -2.54. The molecule has 2 amide bonds. The number of rotatable bonds is 7. The molecule has 7 heteroatoms. The van der Waals surface area contributed by atoms with Crippen LogP contribution in [0.25, 0.3) is 0 Å². The van der Waals surface area contributed by atoms with E-state index in [4.69, 9.17) is 9.47 Å². The number of ether oxygens (including phenoxy) is 2. The Balaban J connectivity index is 1.97. The largest absolute Gasteiger partial charge is 0.493 e. The van der Waals surface area contributed by atoms with Gasteiger partial charge in [-0.05, 0) is 24.3 Å². The van der Waals surface area contributed by atoms with Gasteiger partial charge in [-0.15, -0.1) is 0 Å². The first-order valence-electron chi connectivity index (χ1n) is 7.94. The quantitative estimate of drug-likeness (QED) is 0.747. The van der Waals surface area contributed by atoms with Crippen molar-refractivity contribution in [2.75, 3.05) is 27.8 Å². The van der Waals surface area contributed by atoms with Crippen molar-refractivity contribution in [1.29, 1.82) is 0 Å². The summed E-state index contributed by atoms with van der Waals surface area (Å²) in [4.78, 5) is 26.0. The molecule has 0 saturated carbocycles. The van der Waals surface area contributed by atoms with Crippen LogP contribution < -0.4 is 14.8 Å². The van der Waals surface area contributed by atoms with Gasteiger partial charge < -0.3 is 19.7 Å². The highest BCUT2D eigenvalue weighted by Crippen LogP contribution is 2.31. The monoisotopic (exact) mass is 420 g/mol. The van der Waals surface area contributed by atoms with Crippen molar-refractivity contribution in [3.8, 4) is 11.5 Å². The zero-order chi connectivity index (χ0) is 19.1. The molecule has 0 saturated heterocycles. The van der Waals surface area contributed by atoms with Gasteiger partial charge in [-0.2, -0.15) is 0 Å². The fourth-order valence-corrected chi connectivity index (χ4v) is 2.84. The van der Waals surface area contributed by atoms with Gasteiger partial charge in [-0.25, -0.2) is 0 Å². The molecule has 0 aliphatic heterocycles. The summed E-state index contributed by atoms with van der Waals surface area (Å²) in [6.45, 7) is 0.250. The molecule has 26 heavy (non-hydrogen) atoms. The van der Waals surface area contributed by atoms with Crippen LogP contribution in [0.5, 0.6) is 11.5 Å². The number of halogens is 1. The normalized spacial score (nSPS) is 10.2. The van der Waals surface area contributed by atoms with Crippen molar-refractivity contribution in [1.82, 2.24) is 10.2 Å². The van der Waals surface area contributed by atoms with E-state index < -0.39 is 0 Å². The maximum atomic E-state index is 12.3. The molecular weight excluding hydrogens is 400 g/mol. The number of nitrogens with one attached hydrogen (secondary N) is 1. The first-order valence-corrected chi connectivity index (χ1v) is 8.73. The summed E-state index contributed by atoms with van der Waals surface area (Å²) in [5.41, 5.74) is 1.31. The number of benzene rings is 2. The summed E-state index contributed by atoms with van der Waals surface area (Å²) in [5, 5.41) is 2.64. The van der Waals surface area contributed by atoms with E-state index in [1.807, 2.05) is 18.2 Å². The van der Waals surface area contributed by atoms with Crippen molar-refractivity contribution >= 4 is 27.7 Å². The number of amides is 2. The van der Waals surface area contributed by atoms with Crippen molar-refractivity contribution in [3.05, 3.63) is 58.1 Å². The van der Waals surface area contributed by atoms with E-state index in [1.165, 1.54) is 4.90 Å². The number of hydrogen-bond acceptors (Lipinski definition) is 4. The van der Waals surface area contributed by atoms with Crippen LogP contribution in [0.3, 0.4) is 0 Å². The molecule has 0 heterocycles. The van der Waals surface area contributed by atoms with Gasteiger partial charge in [0.05, 0.1) is 20.8 Å². The van der Waals surface area contributed by atoms with Crippen LogP contribution in [-0.2, 0) is 11.3 Å². The molecule has 0 aromatic heterocycles. The molecule has 0 unspecified atom stereocenters. The second kappa shape index (κ2) is 9.24. The number of nitrogens with zero attached hydrogens (tertiary/aromatic N) is 1. The Kier molecular flexibility index (Phi) is 7.03. The van der Waals surface area contributed by atoms with Gasteiger partial charge in [0.2, 0.25) is 5.91 Å². The van der Waals surface area contributed by atoms with Gasteiger partial charge in [0, 0.05) is 29.2 Å². The van der Waals surface area contributed by atoms with Gasteiger partial charge in [0.25, 0.3) is 5.91 Å². The van der Waals surface area contributed by atoms with Crippen LogP contribution in [0.2, 0.25) is 0 Å². The summed E-state index contributed by atoms with van der Waals surface area (Å²) in [6, 6.07) is 12.5. The minimum atomic E-state index is -0.299. The number of carbonyl (C=O) groups is 2. The SMILES string of the molecule is COc1cccc(CN(C)C(=O)CNC(=O)c2cccc(Br)c2)c1OC. The summed E-state index contributed by atoms with van der Waals surface area (Å²) < 4.78 is 11.4. The van der Waals surface area contributed by atoms with Crippen molar-refractivity contribution < 1.29 is 19.1 Å². The molecular formula is C19H21BrN2O4. The number of likely N-dealkylation sites (N-methyl/N-ethyl adjacent to an activating group) is 1. The number of hydrogen-bond donors (Lipinski definition) is 1. The van der Waals surface area contributed by atoms with E-state index in [0.29, 0.717) is 23.6 Å². The van der Waals surface area contributed by atoms with E-state index in [1.54, 1.807) is 45.5 Å². The molecule has 0 aliphatic rings. The lowest BCUT2D eigenvalue weighted by molar-refractivity contribution is -0.129. The summed E-state index contributed by atoms with van der Waals surface area (Å²) >= 11 is 3.32. The Morgan fingerprint density at radius 1 is 1.12 bits per heavy atom. The van der Waals surface area contributed by atoms with Crippen LogP contribution in [0.1, 0.15) is 15.9 Å². The van der Waals surface area contributed by atoms with Crippen molar-refractivity contribution in [2.45, 2.75) is 6.54 Å². The van der Waals surface area contributed by atoms with Crippen LogP contribution in [0, 0.1) is 0 Å². The van der Waals surface area contributed by atoms with Crippen molar-refractivity contribution in [2.24, 2.45) is 0 Å². The fraction of sp³-hybridized carbons (Fsp3) is 0.263. The zero-order valence-corrected chi connectivity index (χ0v) is 16.5. The van der Waals surface area contributed by atoms with Crippen LogP contribution in [-0.4, -0.2) is 44.5 Å². The molecule has 0 fully saturated rings. The Morgan fingerprint density at radius 3 is 2.50 bits per heavy atom. The molecule has 2 rings (SSSR count). The molecule has 0 aliphatic carbocycles. The lowest BCUT2D eigenvalue weighted by atomic mass is 10.1. The minimum Gasteiger partial charge on any atom is -0.493 e. The van der Waals surface area contributed by atoms with Gasteiger partial charge >= 0.3 is 0 Å². The summed E-state index contributed by atoms with van der Waals surface area (Å²) in [5.74, 6) is 0.687. The lowest BCUT2D eigenvalue weighted by Crippen LogP contribution is -2.37. The van der Waals surface area contributed by atoms with Gasteiger partial charge in [-0.3, -0.25) is 9.59 Å². The first-order chi connectivity index (χ1) is 12.5. The molecule has 2 aromatic carbocycles. The van der Waals surface area contributed by atoms with Gasteiger partial charge in [0.1, 0.15) is 0 Å². The van der Waals surface area contributed by atoms with E-state index >= 15 is 0 Å². The van der Waals surface area contributed by atoms with E-state index in [-0.39, 0.29) is 18.4 Å². The predicted molar refractivity (Wildman–Crippen MR) is 102 cm³/mol. The third-order valence-electron chi connectivity index (χ3n) is 3.80. The van der Waals surface area contributed by atoms with Crippen LogP contribution in [0.15, 0.2) is 46.9 Å². The highest BCUT2D eigenvalue weighted by Gasteiger charge is 2.16. The van der Waals surface area contributed by atoms with E-state index in [2.05, 4.69) is 21.2 Å². The Morgan fingerprint density at radius 2 is 1.85 bits per heavy atom. The van der Waals surface area contributed by atoms with Gasteiger partial charge in [0.15, 0.2) is 11.5 Å². The van der Waals surface area contributed by atoms with Crippen LogP contribution >= 0.6 is 15.9 Å². The highest BCUT2D eigenvalue weighted by atomic mass is 79.9. The Bertz CT molecular complexity index is 795. The number of methoxy groups -OCH3 is 2. The zero-order valence-electron chi connectivity index (χ0n) is 14.9. The summed E-state index contributed by atoms with van der Waals surface area (Å²) in [6.07, 6.45) is 0. The average molecular weight is 421 g/mol. The van der Waals surface area contributed by atoms with Crippen LogP contribution in [0.4, 0.5) is 0 Å². The summed E-state index contributed by atoms with van der Waals surface area (Å²) in [7, 11) is 4.79. The third-order valence-corrected chi connectivity index (χ3v) is 4.30. The molecule has 0 spiro atoms. The third kappa shape index (κ3) is 4.98. The first kappa shape index (κ1) is 19.8. The topological polar surface area (TPSA) is 67.9 Å². The molecule has 0 radical (unpaired) electrons. The van der Waals surface area contributed by atoms with Gasteiger partial charge in [-0.1, -0.05) is 34.1 Å². The molecule has 138 valence electrons. The maximum absolute atomic E-state index is 12.3. The average Bonchev–Trinajstić information content (AvgIpc) is 2.65. The van der Waals surface area contributed by atoms with E-state index in [9.17, 15) is 9.59 Å². The number of para-hydroxylation sites is 1. The molecule has 6 nitrogen and oxygen atoms in total. The molecule has 2 aromatic rings. The highest BCUT2D eigenvalue weighted by molar-refractivity contribution is 9.10. The second-order valence-electron chi connectivity index (χ2n) is 5.60. The fourth-order valence-electron chi connectivity index (χ4n) is 2.44. The number of carbonyl (C=O) groups excluding carboxylic acids is 2.